The fraction of sp³-hybridized carbons (Fsp3) is 0.455. The summed E-state index contributed by atoms with van der Waals surface area (Å²) in [5.74, 6) is -0.682. The number of nitrogens with zero attached hydrogens (tertiary/aromatic N) is 1. The molecule has 0 saturated carbocycles. The number of methoxy groups -OCH3 is 1. The largest absolute Gasteiger partial charge is 0.522 e. The van der Waals surface area contributed by atoms with Crippen molar-refractivity contribution in [2.75, 3.05) is 20.3 Å². The molecule has 0 fully saturated rings. The Morgan fingerprint density at radius 3 is 2.58 bits per heavy atom. The van der Waals surface area contributed by atoms with Crippen molar-refractivity contribution in [3.63, 3.8) is 0 Å². The molecule has 0 aliphatic heterocycles. The Hall–Kier alpha value is -1.83. The van der Waals surface area contributed by atoms with Crippen LogP contribution in [0.25, 0.3) is 0 Å². The molecular formula is C11H12F3NO4. The van der Waals surface area contributed by atoms with Crippen LogP contribution in [-0.4, -0.2) is 37.6 Å². The molecule has 0 radical (unpaired) electrons. The van der Waals surface area contributed by atoms with Gasteiger partial charge in [-0.15, -0.1) is 13.2 Å². The van der Waals surface area contributed by atoms with Crippen molar-refractivity contribution >= 4 is 5.97 Å². The first-order valence-electron chi connectivity index (χ1n) is 5.23. The summed E-state index contributed by atoms with van der Waals surface area (Å²) in [7, 11) is 1.17. The van der Waals surface area contributed by atoms with Gasteiger partial charge in [-0.1, -0.05) is 0 Å². The highest BCUT2D eigenvalue weighted by molar-refractivity contribution is 5.90. The molecule has 8 heteroatoms. The molecule has 0 N–H and O–H groups in total. The van der Waals surface area contributed by atoms with Gasteiger partial charge in [0, 0.05) is 5.69 Å². The summed E-state index contributed by atoms with van der Waals surface area (Å²) in [4.78, 5) is 15.3. The molecule has 1 rings (SSSR count). The molecule has 1 heterocycles. The van der Waals surface area contributed by atoms with Crippen LogP contribution < -0.4 is 4.74 Å². The molecular weight excluding hydrogens is 267 g/mol. The molecule has 1 aromatic rings. The Labute approximate surface area is 107 Å². The Kier molecular flexibility index (Phi) is 5.11. The van der Waals surface area contributed by atoms with Gasteiger partial charge in [-0.3, -0.25) is 4.74 Å². The molecule has 0 bridgehead atoms. The maximum absolute atomic E-state index is 11.7. The van der Waals surface area contributed by atoms with Crippen LogP contribution in [0, 0.1) is 6.92 Å². The predicted molar refractivity (Wildman–Crippen MR) is 57.8 cm³/mol. The van der Waals surface area contributed by atoms with E-state index in [-0.39, 0.29) is 18.1 Å². The first-order valence-corrected chi connectivity index (χ1v) is 5.23. The standard InChI is InChI=1S/C11H12F3NO4/c1-7-3-4-8(9(15-7)10(16)17-2)18-5-6-19-11(12,13)14/h3-4H,5-6H2,1-2H3. The number of hydrogen-bond donors (Lipinski definition) is 0. The van der Waals surface area contributed by atoms with E-state index in [2.05, 4.69) is 14.5 Å². The lowest BCUT2D eigenvalue weighted by molar-refractivity contribution is -0.325. The third kappa shape index (κ3) is 5.12. The van der Waals surface area contributed by atoms with Gasteiger partial charge in [-0.25, -0.2) is 9.78 Å². The van der Waals surface area contributed by atoms with E-state index in [4.69, 9.17) is 4.74 Å². The molecule has 0 amide bonds. The minimum Gasteiger partial charge on any atom is -0.489 e. The van der Waals surface area contributed by atoms with E-state index in [9.17, 15) is 18.0 Å². The topological polar surface area (TPSA) is 57.7 Å². The number of hydrogen-bond acceptors (Lipinski definition) is 5. The Morgan fingerprint density at radius 1 is 1.32 bits per heavy atom. The molecule has 0 atom stereocenters. The number of alkyl halides is 3. The summed E-state index contributed by atoms with van der Waals surface area (Å²) in [6.45, 7) is 0.606. The third-order valence-corrected chi connectivity index (χ3v) is 1.98. The van der Waals surface area contributed by atoms with E-state index in [0.717, 1.165) is 0 Å². The highest BCUT2D eigenvalue weighted by Crippen LogP contribution is 2.19. The van der Waals surface area contributed by atoms with Gasteiger partial charge in [0.1, 0.15) is 6.61 Å². The van der Waals surface area contributed by atoms with Crippen LogP contribution in [-0.2, 0) is 9.47 Å². The zero-order valence-electron chi connectivity index (χ0n) is 10.3. The summed E-state index contributed by atoms with van der Waals surface area (Å²) < 4.78 is 48.3. The molecule has 1 aromatic heterocycles. The van der Waals surface area contributed by atoms with Crippen LogP contribution in [0.5, 0.6) is 5.75 Å². The average molecular weight is 279 g/mol. The van der Waals surface area contributed by atoms with E-state index in [0.29, 0.717) is 5.69 Å². The number of ether oxygens (including phenoxy) is 3. The zero-order chi connectivity index (χ0) is 14.5. The van der Waals surface area contributed by atoms with E-state index in [1.165, 1.54) is 13.2 Å². The quantitative estimate of drug-likeness (QED) is 0.610. The number of aryl methyl sites for hydroxylation is 1. The first-order chi connectivity index (χ1) is 8.83. The maximum Gasteiger partial charge on any atom is 0.522 e. The molecule has 0 saturated heterocycles. The second-order valence-corrected chi connectivity index (χ2v) is 3.43. The number of pyridine rings is 1. The van der Waals surface area contributed by atoms with Crippen molar-refractivity contribution in [3.05, 3.63) is 23.5 Å². The molecule has 19 heavy (non-hydrogen) atoms. The fourth-order valence-corrected chi connectivity index (χ4v) is 1.21. The summed E-state index contributed by atoms with van der Waals surface area (Å²) in [5, 5.41) is 0. The van der Waals surface area contributed by atoms with Gasteiger partial charge in [-0.2, -0.15) is 0 Å². The van der Waals surface area contributed by atoms with Crippen LogP contribution >= 0.6 is 0 Å². The van der Waals surface area contributed by atoms with Crippen LogP contribution in [0.2, 0.25) is 0 Å². The van der Waals surface area contributed by atoms with Gasteiger partial charge in [0.2, 0.25) is 0 Å². The van der Waals surface area contributed by atoms with E-state index in [1.54, 1.807) is 13.0 Å². The Balaban J connectivity index is 2.65. The molecule has 0 aliphatic rings. The first kappa shape index (κ1) is 15.2. The lowest BCUT2D eigenvalue weighted by Gasteiger charge is -2.11. The van der Waals surface area contributed by atoms with Gasteiger partial charge < -0.3 is 9.47 Å². The minimum atomic E-state index is -4.71. The van der Waals surface area contributed by atoms with Crippen molar-refractivity contribution < 1.29 is 32.2 Å². The van der Waals surface area contributed by atoms with Crippen LogP contribution in [0.3, 0.4) is 0 Å². The monoisotopic (exact) mass is 279 g/mol. The number of rotatable bonds is 5. The highest BCUT2D eigenvalue weighted by atomic mass is 19.4. The lowest BCUT2D eigenvalue weighted by atomic mass is 10.3. The lowest BCUT2D eigenvalue weighted by Crippen LogP contribution is -2.19. The van der Waals surface area contributed by atoms with E-state index < -0.39 is 18.9 Å². The zero-order valence-corrected chi connectivity index (χ0v) is 10.3. The molecule has 0 aliphatic carbocycles. The summed E-state index contributed by atoms with van der Waals surface area (Å²) in [5.41, 5.74) is 0.466. The summed E-state index contributed by atoms with van der Waals surface area (Å²) >= 11 is 0. The summed E-state index contributed by atoms with van der Waals surface area (Å²) in [6.07, 6.45) is -4.71. The van der Waals surface area contributed by atoms with Crippen molar-refractivity contribution in [1.82, 2.24) is 4.98 Å². The number of carbonyl (C=O) groups excluding carboxylic acids is 1. The second-order valence-electron chi connectivity index (χ2n) is 3.43. The van der Waals surface area contributed by atoms with Gasteiger partial charge >= 0.3 is 12.3 Å². The van der Waals surface area contributed by atoms with Crippen molar-refractivity contribution in [2.45, 2.75) is 13.3 Å². The maximum atomic E-state index is 11.7. The third-order valence-electron chi connectivity index (χ3n) is 1.98. The Morgan fingerprint density at radius 2 is 2.00 bits per heavy atom. The number of aromatic nitrogens is 1. The van der Waals surface area contributed by atoms with Gasteiger partial charge in [0.15, 0.2) is 11.4 Å². The predicted octanol–water partition coefficient (Wildman–Crippen LogP) is 2.09. The van der Waals surface area contributed by atoms with Crippen molar-refractivity contribution in [3.8, 4) is 5.75 Å². The normalized spacial score (nSPS) is 11.2. The van der Waals surface area contributed by atoms with Crippen molar-refractivity contribution in [2.24, 2.45) is 0 Å². The van der Waals surface area contributed by atoms with Crippen molar-refractivity contribution in [1.29, 1.82) is 0 Å². The van der Waals surface area contributed by atoms with E-state index in [1.807, 2.05) is 0 Å². The number of carbonyl (C=O) groups is 1. The molecule has 0 aromatic carbocycles. The highest BCUT2D eigenvalue weighted by Gasteiger charge is 2.28. The number of halogens is 3. The smallest absolute Gasteiger partial charge is 0.489 e. The molecule has 0 unspecified atom stereocenters. The average Bonchev–Trinajstić information content (AvgIpc) is 2.33. The Bertz CT molecular complexity index is 448. The summed E-state index contributed by atoms with van der Waals surface area (Å²) in [6, 6.07) is 2.99. The van der Waals surface area contributed by atoms with Gasteiger partial charge in [0.05, 0.1) is 13.7 Å². The molecule has 5 nitrogen and oxygen atoms in total. The van der Waals surface area contributed by atoms with Gasteiger partial charge in [-0.05, 0) is 19.1 Å². The molecule has 106 valence electrons. The van der Waals surface area contributed by atoms with Crippen LogP contribution in [0.15, 0.2) is 12.1 Å². The van der Waals surface area contributed by atoms with Crippen LogP contribution in [0.4, 0.5) is 13.2 Å². The van der Waals surface area contributed by atoms with Gasteiger partial charge in [0.25, 0.3) is 0 Å². The van der Waals surface area contributed by atoms with Crippen LogP contribution in [0.1, 0.15) is 16.2 Å². The fourth-order valence-electron chi connectivity index (χ4n) is 1.21. The number of esters is 1. The minimum absolute atomic E-state index is 0.0447. The van der Waals surface area contributed by atoms with E-state index >= 15 is 0 Å². The second kappa shape index (κ2) is 6.37. The SMILES string of the molecule is COC(=O)c1nc(C)ccc1OCCOC(F)(F)F. The molecule has 0 spiro atoms.